The van der Waals surface area contributed by atoms with Gasteiger partial charge in [0, 0.05) is 13.1 Å². The zero-order valence-electron chi connectivity index (χ0n) is 10.8. The maximum atomic E-state index is 10.9. The Kier molecular flexibility index (Phi) is 5.58. The Labute approximate surface area is 112 Å². The van der Waals surface area contributed by atoms with Gasteiger partial charge in [0.25, 0.3) is 5.17 Å². The molecule has 1 rings (SSSR count). The van der Waals surface area contributed by atoms with Crippen LogP contribution in [0, 0.1) is 0 Å². The van der Waals surface area contributed by atoms with Crippen molar-refractivity contribution in [3.05, 3.63) is 23.8 Å². The molecule has 4 nitrogen and oxygen atoms in total. The Bertz CT molecular complexity index is 430. The lowest BCUT2D eigenvalue weighted by Gasteiger charge is -2.21. The minimum Gasteiger partial charge on any atom is -0.496 e. The molecule has 0 aliphatic rings. The van der Waals surface area contributed by atoms with Crippen molar-refractivity contribution < 1.29 is 14.3 Å². The summed E-state index contributed by atoms with van der Waals surface area (Å²) >= 11 is 5.18. The van der Waals surface area contributed by atoms with E-state index in [1.807, 2.05) is 18.7 Å². The molecule has 0 radical (unpaired) electrons. The molecule has 0 spiro atoms. The van der Waals surface area contributed by atoms with E-state index < -0.39 is 0 Å². The van der Waals surface area contributed by atoms with Gasteiger partial charge in [-0.3, -0.25) is 4.79 Å². The third kappa shape index (κ3) is 3.43. The average Bonchev–Trinajstić information content (AvgIpc) is 2.40. The van der Waals surface area contributed by atoms with Crippen molar-refractivity contribution in [1.82, 2.24) is 4.90 Å². The monoisotopic (exact) mass is 267 g/mol. The number of hydrogen-bond acceptors (Lipinski definition) is 4. The Morgan fingerprint density at radius 3 is 2.56 bits per heavy atom. The minimum atomic E-state index is 0.405. The topological polar surface area (TPSA) is 38.8 Å². The second-order valence-electron chi connectivity index (χ2n) is 3.56. The first kappa shape index (κ1) is 14.4. The predicted molar refractivity (Wildman–Crippen MR) is 74.5 cm³/mol. The standard InChI is InChI=1S/C13H17NO3S/c1-4-14(5-2)13(18)17-11-6-7-12(16-3)10(8-11)9-15/h6-9H,4-5H2,1-3H3. The van der Waals surface area contributed by atoms with Gasteiger partial charge in [-0.2, -0.15) is 0 Å². The third-order valence-electron chi connectivity index (χ3n) is 2.55. The van der Waals surface area contributed by atoms with Crippen LogP contribution in [0.4, 0.5) is 0 Å². The van der Waals surface area contributed by atoms with Crippen LogP contribution in [0.2, 0.25) is 0 Å². The summed E-state index contributed by atoms with van der Waals surface area (Å²) in [6.45, 7) is 5.58. The van der Waals surface area contributed by atoms with E-state index >= 15 is 0 Å². The maximum Gasteiger partial charge on any atom is 0.264 e. The SMILES string of the molecule is CCN(CC)C(=S)Oc1ccc(OC)c(C=O)c1. The Balaban J connectivity index is 2.85. The highest BCUT2D eigenvalue weighted by molar-refractivity contribution is 7.80. The number of carbonyl (C=O) groups is 1. The van der Waals surface area contributed by atoms with Crippen LogP contribution in [0.25, 0.3) is 0 Å². The molecule has 0 aromatic heterocycles. The highest BCUT2D eigenvalue weighted by atomic mass is 32.1. The van der Waals surface area contributed by atoms with Crippen molar-refractivity contribution in [3.63, 3.8) is 0 Å². The number of ether oxygens (including phenoxy) is 2. The summed E-state index contributed by atoms with van der Waals surface area (Å²) < 4.78 is 10.6. The number of nitrogens with zero attached hydrogens (tertiary/aromatic N) is 1. The van der Waals surface area contributed by atoms with Gasteiger partial charge in [0.2, 0.25) is 0 Å². The molecule has 1 aromatic carbocycles. The Morgan fingerprint density at radius 1 is 1.39 bits per heavy atom. The molecule has 0 fully saturated rings. The average molecular weight is 267 g/mol. The Morgan fingerprint density at radius 2 is 2.06 bits per heavy atom. The van der Waals surface area contributed by atoms with Gasteiger partial charge in [-0.1, -0.05) is 0 Å². The zero-order valence-corrected chi connectivity index (χ0v) is 11.6. The van der Waals surface area contributed by atoms with E-state index in [9.17, 15) is 4.79 Å². The van der Waals surface area contributed by atoms with Crippen LogP contribution in [0.1, 0.15) is 24.2 Å². The molecular formula is C13H17NO3S. The van der Waals surface area contributed by atoms with Crippen molar-refractivity contribution >= 4 is 23.7 Å². The van der Waals surface area contributed by atoms with Crippen molar-refractivity contribution in [2.75, 3.05) is 20.2 Å². The molecule has 0 N–H and O–H groups in total. The minimum absolute atomic E-state index is 0.405. The molecule has 0 saturated heterocycles. The number of methoxy groups -OCH3 is 1. The third-order valence-corrected chi connectivity index (χ3v) is 2.90. The number of aldehydes is 1. The van der Waals surface area contributed by atoms with Gasteiger partial charge >= 0.3 is 0 Å². The lowest BCUT2D eigenvalue weighted by atomic mass is 10.2. The molecule has 0 heterocycles. The number of thiocarbonyl (C=S) groups is 1. The molecular weight excluding hydrogens is 250 g/mol. The summed E-state index contributed by atoms with van der Waals surface area (Å²) in [5.41, 5.74) is 0.442. The second-order valence-corrected chi connectivity index (χ2v) is 3.91. The first-order valence-corrected chi connectivity index (χ1v) is 6.17. The van der Waals surface area contributed by atoms with Crippen molar-refractivity contribution in [1.29, 1.82) is 0 Å². The van der Waals surface area contributed by atoms with E-state index in [0.717, 1.165) is 19.4 Å². The first-order valence-electron chi connectivity index (χ1n) is 5.76. The van der Waals surface area contributed by atoms with Crippen molar-refractivity contribution in [2.24, 2.45) is 0 Å². The number of benzene rings is 1. The zero-order chi connectivity index (χ0) is 13.5. The molecule has 0 bridgehead atoms. The second kappa shape index (κ2) is 6.96. The van der Waals surface area contributed by atoms with E-state index in [0.29, 0.717) is 22.2 Å². The van der Waals surface area contributed by atoms with E-state index in [1.54, 1.807) is 18.2 Å². The van der Waals surface area contributed by atoms with Crippen LogP contribution in [0.15, 0.2) is 18.2 Å². The van der Waals surface area contributed by atoms with Crippen molar-refractivity contribution in [2.45, 2.75) is 13.8 Å². The van der Waals surface area contributed by atoms with E-state index in [4.69, 9.17) is 21.7 Å². The smallest absolute Gasteiger partial charge is 0.264 e. The molecule has 5 heteroatoms. The predicted octanol–water partition coefficient (Wildman–Crippen LogP) is 2.51. The number of rotatable bonds is 5. The van der Waals surface area contributed by atoms with Gasteiger partial charge in [0.15, 0.2) is 6.29 Å². The van der Waals surface area contributed by atoms with Gasteiger partial charge in [0.1, 0.15) is 11.5 Å². The van der Waals surface area contributed by atoms with E-state index in [-0.39, 0.29) is 0 Å². The summed E-state index contributed by atoms with van der Waals surface area (Å²) in [5.74, 6) is 1.06. The first-order chi connectivity index (χ1) is 8.65. The lowest BCUT2D eigenvalue weighted by molar-refractivity contribution is 0.112. The van der Waals surface area contributed by atoms with Gasteiger partial charge in [-0.25, -0.2) is 0 Å². The summed E-state index contributed by atoms with van der Waals surface area (Å²) in [4.78, 5) is 12.8. The van der Waals surface area contributed by atoms with Gasteiger partial charge < -0.3 is 14.4 Å². The van der Waals surface area contributed by atoms with E-state index in [1.165, 1.54) is 7.11 Å². The highest BCUT2D eigenvalue weighted by Crippen LogP contribution is 2.22. The van der Waals surface area contributed by atoms with Crippen LogP contribution >= 0.6 is 12.2 Å². The van der Waals surface area contributed by atoms with Gasteiger partial charge in [0.05, 0.1) is 12.7 Å². The quantitative estimate of drug-likeness (QED) is 0.605. The fraction of sp³-hybridized carbons (Fsp3) is 0.385. The van der Waals surface area contributed by atoms with Crippen molar-refractivity contribution in [3.8, 4) is 11.5 Å². The summed E-state index contributed by atoms with van der Waals surface area (Å²) in [6.07, 6.45) is 0.728. The molecule has 0 aliphatic carbocycles. The normalized spacial score (nSPS) is 9.72. The molecule has 0 atom stereocenters. The fourth-order valence-electron chi connectivity index (χ4n) is 1.52. The molecule has 98 valence electrons. The molecule has 1 aromatic rings. The van der Waals surface area contributed by atoms with Crippen LogP contribution in [0.5, 0.6) is 11.5 Å². The molecule has 0 aliphatic heterocycles. The van der Waals surface area contributed by atoms with Crippen LogP contribution < -0.4 is 9.47 Å². The molecule has 0 saturated carbocycles. The van der Waals surface area contributed by atoms with Gasteiger partial charge in [-0.05, 0) is 44.3 Å². The largest absolute Gasteiger partial charge is 0.496 e. The number of hydrogen-bond donors (Lipinski definition) is 0. The molecule has 18 heavy (non-hydrogen) atoms. The summed E-state index contributed by atoms with van der Waals surface area (Å²) in [6, 6.07) is 5.02. The lowest BCUT2D eigenvalue weighted by Crippen LogP contribution is -2.32. The maximum absolute atomic E-state index is 10.9. The number of carbonyl (C=O) groups excluding carboxylic acids is 1. The van der Waals surface area contributed by atoms with Crippen LogP contribution in [-0.2, 0) is 0 Å². The highest BCUT2D eigenvalue weighted by Gasteiger charge is 2.09. The molecule has 0 amide bonds. The fourth-order valence-corrected chi connectivity index (χ4v) is 1.87. The Hall–Kier alpha value is -1.62. The van der Waals surface area contributed by atoms with E-state index in [2.05, 4.69) is 0 Å². The molecule has 0 unspecified atom stereocenters. The van der Waals surface area contributed by atoms with Crippen LogP contribution in [0.3, 0.4) is 0 Å². The summed E-state index contributed by atoms with van der Waals surface area (Å²) in [7, 11) is 1.52. The van der Waals surface area contributed by atoms with Gasteiger partial charge in [-0.15, -0.1) is 0 Å². The van der Waals surface area contributed by atoms with Crippen LogP contribution in [-0.4, -0.2) is 36.6 Å². The summed E-state index contributed by atoms with van der Waals surface area (Å²) in [5, 5.41) is 0.405.